The Morgan fingerprint density at radius 3 is 1.89 bits per heavy atom. The van der Waals surface area contributed by atoms with Gasteiger partial charge >= 0.3 is 6.18 Å². The molecule has 0 amide bonds. The van der Waals surface area contributed by atoms with E-state index in [1.165, 1.54) is 4.68 Å². The topological polar surface area (TPSA) is 61.4 Å². The third-order valence-electron chi connectivity index (χ3n) is 6.26. The van der Waals surface area contributed by atoms with Crippen LogP contribution in [0.3, 0.4) is 0 Å². The third kappa shape index (κ3) is 4.64. The largest absolute Gasteiger partial charge is 0.433 e. The molecule has 0 saturated heterocycles. The Balaban J connectivity index is 1.80. The number of aryl methyl sites for hydroxylation is 4. The molecule has 0 atom stereocenters. The summed E-state index contributed by atoms with van der Waals surface area (Å²) in [6, 6.07) is 16.6. The molecule has 0 aliphatic rings. The van der Waals surface area contributed by atoms with E-state index in [0.717, 1.165) is 33.9 Å². The second kappa shape index (κ2) is 8.99. The highest BCUT2D eigenvalue weighted by molar-refractivity contribution is 5.75. The van der Waals surface area contributed by atoms with Gasteiger partial charge in [0, 0.05) is 35.5 Å². The third-order valence-corrected chi connectivity index (χ3v) is 6.26. The minimum absolute atomic E-state index is 0.128. The highest BCUT2D eigenvalue weighted by Crippen LogP contribution is 2.36. The monoisotopic (exact) mass is 502 g/mol. The van der Waals surface area contributed by atoms with E-state index in [9.17, 15) is 13.2 Å². The summed E-state index contributed by atoms with van der Waals surface area (Å²) < 4.78 is 45.0. The van der Waals surface area contributed by atoms with Gasteiger partial charge in [0.1, 0.15) is 0 Å². The number of hydrogen-bond donors (Lipinski definition) is 0. The summed E-state index contributed by atoms with van der Waals surface area (Å²) in [5.41, 5.74) is 6.05. The standard InChI is InChI=1S/C28H25F3N6/c1-16-6-10-20(11-7-16)25-18(3)26(21-12-8-17(2)9-13-21)37(35-25)27-32-23(14-24(33-27)28(29,30)31)22-15-36(5)34-19(22)4/h6-15H,1-5H3. The molecule has 0 aliphatic heterocycles. The Labute approximate surface area is 212 Å². The molecule has 0 radical (unpaired) electrons. The van der Waals surface area contributed by atoms with Crippen LogP contribution in [0.25, 0.3) is 39.7 Å². The number of aromatic nitrogens is 6. The zero-order valence-electron chi connectivity index (χ0n) is 21.1. The molecule has 3 heterocycles. The van der Waals surface area contributed by atoms with Crippen LogP contribution in [0.2, 0.25) is 0 Å². The first-order valence-corrected chi connectivity index (χ1v) is 11.7. The van der Waals surface area contributed by atoms with Crippen LogP contribution in [0.5, 0.6) is 0 Å². The van der Waals surface area contributed by atoms with Crippen molar-refractivity contribution < 1.29 is 13.2 Å². The fourth-order valence-corrected chi connectivity index (χ4v) is 4.34. The van der Waals surface area contributed by atoms with Crippen molar-refractivity contribution in [1.29, 1.82) is 0 Å². The Bertz CT molecular complexity index is 1590. The first-order valence-electron chi connectivity index (χ1n) is 11.7. The van der Waals surface area contributed by atoms with Crippen LogP contribution in [0, 0.1) is 27.7 Å². The molecule has 0 unspecified atom stereocenters. The van der Waals surface area contributed by atoms with E-state index in [0.29, 0.717) is 22.6 Å². The van der Waals surface area contributed by atoms with Gasteiger partial charge in [-0.15, -0.1) is 0 Å². The van der Waals surface area contributed by atoms with Crippen molar-refractivity contribution in [2.75, 3.05) is 0 Å². The summed E-state index contributed by atoms with van der Waals surface area (Å²) in [4.78, 5) is 8.50. The van der Waals surface area contributed by atoms with Crippen molar-refractivity contribution in [3.63, 3.8) is 0 Å². The van der Waals surface area contributed by atoms with Crippen molar-refractivity contribution in [2.24, 2.45) is 7.05 Å². The number of rotatable bonds is 4. The van der Waals surface area contributed by atoms with Crippen LogP contribution >= 0.6 is 0 Å². The first-order chi connectivity index (χ1) is 17.5. The second-order valence-corrected chi connectivity index (χ2v) is 9.20. The maximum atomic E-state index is 14.0. The average molecular weight is 503 g/mol. The van der Waals surface area contributed by atoms with E-state index >= 15 is 0 Å². The SMILES string of the molecule is Cc1ccc(-c2nn(-c3nc(-c4cn(C)nc4C)cc(C(F)(F)F)n3)c(-c3ccc(C)cc3)c2C)cc1. The van der Waals surface area contributed by atoms with Crippen LogP contribution in [-0.2, 0) is 13.2 Å². The van der Waals surface area contributed by atoms with E-state index in [1.807, 2.05) is 69.3 Å². The summed E-state index contributed by atoms with van der Waals surface area (Å²) in [7, 11) is 1.71. The second-order valence-electron chi connectivity index (χ2n) is 9.20. The van der Waals surface area contributed by atoms with Crippen molar-refractivity contribution >= 4 is 0 Å². The molecule has 5 rings (SSSR count). The molecule has 0 spiro atoms. The fourth-order valence-electron chi connectivity index (χ4n) is 4.34. The molecule has 3 aromatic heterocycles. The van der Waals surface area contributed by atoms with Gasteiger partial charge in [-0.3, -0.25) is 4.68 Å². The summed E-state index contributed by atoms with van der Waals surface area (Å²) in [6.07, 6.45) is -3.02. The number of alkyl halides is 3. The molecule has 0 bridgehead atoms. The Kier molecular flexibility index (Phi) is 5.94. The van der Waals surface area contributed by atoms with Gasteiger partial charge in [-0.25, -0.2) is 9.97 Å². The lowest BCUT2D eigenvalue weighted by molar-refractivity contribution is -0.141. The molecule has 0 fully saturated rings. The van der Waals surface area contributed by atoms with Gasteiger partial charge in [0.05, 0.1) is 22.8 Å². The van der Waals surface area contributed by atoms with Crippen LogP contribution in [-0.4, -0.2) is 29.5 Å². The summed E-state index contributed by atoms with van der Waals surface area (Å²) in [5.74, 6) is -0.162. The van der Waals surface area contributed by atoms with Crippen LogP contribution < -0.4 is 0 Å². The quantitative estimate of drug-likeness (QED) is 0.276. The molecule has 0 N–H and O–H groups in total. The predicted molar refractivity (Wildman–Crippen MR) is 136 cm³/mol. The molecule has 0 aliphatic carbocycles. The van der Waals surface area contributed by atoms with Crippen molar-refractivity contribution in [3.8, 4) is 39.7 Å². The van der Waals surface area contributed by atoms with Gasteiger partial charge in [0.15, 0.2) is 5.69 Å². The lowest BCUT2D eigenvalue weighted by Crippen LogP contribution is -2.14. The average Bonchev–Trinajstić information content (AvgIpc) is 3.37. The van der Waals surface area contributed by atoms with Gasteiger partial charge in [-0.2, -0.15) is 28.1 Å². The normalized spacial score (nSPS) is 11.8. The van der Waals surface area contributed by atoms with Crippen molar-refractivity contribution in [2.45, 2.75) is 33.9 Å². The fraction of sp³-hybridized carbons (Fsp3) is 0.214. The lowest BCUT2D eigenvalue weighted by Gasteiger charge is -2.12. The van der Waals surface area contributed by atoms with Gasteiger partial charge in [-0.05, 0) is 33.8 Å². The van der Waals surface area contributed by atoms with E-state index in [2.05, 4.69) is 15.1 Å². The number of nitrogens with zero attached hydrogens (tertiary/aromatic N) is 6. The zero-order valence-corrected chi connectivity index (χ0v) is 21.1. The lowest BCUT2D eigenvalue weighted by atomic mass is 10.0. The van der Waals surface area contributed by atoms with Crippen molar-refractivity contribution in [1.82, 2.24) is 29.5 Å². The summed E-state index contributed by atoms with van der Waals surface area (Å²) in [6.45, 7) is 7.61. The maximum Gasteiger partial charge on any atom is 0.433 e. The Hall–Kier alpha value is -4.27. The molecule has 0 saturated carbocycles. The predicted octanol–water partition coefficient (Wildman–Crippen LogP) is 6.65. The van der Waals surface area contributed by atoms with E-state index < -0.39 is 11.9 Å². The highest BCUT2D eigenvalue weighted by Gasteiger charge is 2.35. The number of benzene rings is 2. The molecule has 6 nitrogen and oxygen atoms in total. The molecule has 188 valence electrons. The van der Waals surface area contributed by atoms with Crippen LogP contribution in [0.4, 0.5) is 13.2 Å². The molecule has 5 aromatic rings. The Morgan fingerprint density at radius 1 is 0.757 bits per heavy atom. The van der Waals surface area contributed by atoms with Crippen LogP contribution in [0.1, 0.15) is 28.1 Å². The highest BCUT2D eigenvalue weighted by atomic mass is 19.4. The molecular formula is C28H25F3N6. The van der Waals surface area contributed by atoms with Gasteiger partial charge in [-0.1, -0.05) is 59.7 Å². The number of halogens is 3. The Morgan fingerprint density at radius 2 is 1.35 bits per heavy atom. The van der Waals surface area contributed by atoms with E-state index in [-0.39, 0.29) is 11.6 Å². The molecule has 9 heteroatoms. The number of hydrogen-bond acceptors (Lipinski definition) is 4. The smallest absolute Gasteiger partial charge is 0.275 e. The maximum absolute atomic E-state index is 14.0. The van der Waals surface area contributed by atoms with Crippen LogP contribution in [0.15, 0.2) is 60.8 Å². The summed E-state index contributed by atoms with van der Waals surface area (Å²) >= 11 is 0. The zero-order chi connectivity index (χ0) is 26.5. The minimum atomic E-state index is -4.67. The molecule has 2 aromatic carbocycles. The molecule has 37 heavy (non-hydrogen) atoms. The van der Waals surface area contributed by atoms with Gasteiger partial charge < -0.3 is 0 Å². The van der Waals surface area contributed by atoms with E-state index in [1.54, 1.807) is 24.9 Å². The summed E-state index contributed by atoms with van der Waals surface area (Å²) in [5, 5.41) is 9.04. The molecular weight excluding hydrogens is 477 g/mol. The van der Waals surface area contributed by atoms with E-state index in [4.69, 9.17) is 5.10 Å². The minimum Gasteiger partial charge on any atom is -0.275 e. The van der Waals surface area contributed by atoms with Gasteiger partial charge in [0.25, 0.3) is 5.95 Å². The van der Waals surface area contributed by atoms with Gasteiger partial charge in [0.2, 0.25) is 0 Å². The van der Waals surface area contributed by atoms with Crippen molar-refractivity contribution in [3.05, 3.63) is 88.9 Å². The first kappa shape index (κ1) is 24.4.